The lowest BCUT2D eigenvalue weighted by molar-refractivity contribution is 0.450. The van der Waals surface area contributed by atoms with Crippen LogP contribution < -0.4 is 5.73 Å². The van der Waals surface area contributed by atoms with Crippen LogP contribution in [0, 0.1) is 6.92 Å². The first kappa shape index (κ1) is 11.0. The summed E-state index contributed by atoms with van der Waals surface area (Å²) in [5.41, 5.74) is 8.88. The first-order chi connectivity index (χ1) is 7.18. The first-order valence-electron chi connectivity index (χ1n) is 5.65. The van der Waals surface area contributed by atoms with Gasteiger partial charge in [0.15, 0.2) is 0 Å². The number of hydrogen-bond donors (Lipinski definition) is 1. The third-order valence-electron chi connectivity index (χ3n) is 3.72. The lowest BCUT2D eigenvalue weighted by Crippen LogP contribution is -2.32. The van der Waals surface area contributed by atoms with E-state index in [2.05, 4.69) is 19.1 Å². The molecule has 0 atom stereocenters. The molecule has 1 aromatic carbocycles. The Kier molecular flexibility index (Phi) is 3.03. The van der Waals surface area contributed by atoms with Crippen LogP contribution in [0.1, 0.15) is 36.8 Å². The normalized spacial score (nSPS) is 19.4. The minimum absolute atomic E-state index is 0.203. The first-order valence-corrected chi connectivity index (χ1v) is 6.02. The van der Waals surface area contributed by atoms with Crippen molar-refractivity contribution in [3.05, 3.63) is 34.3 Å². The van der Waals surface area contributed by atoms with E-state index in [0.29, 0.717) is 0 Å². The van der Waals surface area contributed by atoms with Crippen LogP contribution in [0.5, 0.6) is 0 Å². The molecule has 0 radical (unpaired) electrons. The summed E-state index contributed by atoms with van der Waals surface area (Å²) in [6.07, 6.45) is 5.02. The smallest absolute Gasteiger partial charge is 0.0409 e. The van der Waals surface area contributed by atoms with Crippen LogP contribution in [0.25, 0.3) is 0 Å². The van der Waals surface area contributed by atoms with Gasteiger partial charge in [-0.2, -0.15) is 0 Å². The van der Waals surface area contributed by atoms with E-state index in [1.807, 2.05) is 6.07 Å². The van der Waals surface area contributed by atoms with E-state index in [4.69, 9.17) is 17.3 Å². The Morgan fingerprint density at radius 1 is 1.33 bits per heavy atom. The minimum Gasteiger partial charge on any atom is -0.330 e. The van der Waals surface area contributed by atoms with Crippen molar-refractivity contribution < 1.29 is 0 Å². The zero-order valence-corrected chi connectivity index (χ0v) is 9.98. The van der Waals surface area contributed by atoms with Crippen molar-refractivity contribution in [3.8, 4) is 0 Å². The van der Waals surface area contributed by atoms with Gasteiger partial charge in [0, 0.05) is 17.0 Å². The average molecular weight is 224 g/mol. The molecule has 0 amide bonds. The molecule has 0 unspecified atom stereocenters. The van der Waals surface area contributed by atoms with Gasteiger partial charge in [-0.1, -0.05) is 30.5 Å². The van der Waals surface area contributed by atoms with Gasteiger partial charge in [0.25, 0.3) is 0 Å². The Balaban J connectivity index is 2.46. The van der Waals surface area contributed by atoms with Gasteiger partial charge in [-0.25, -0.2) is 0 Å². The minimum atomic E-state index is 0.203. The van der Waals surface area contributed by atoms with Crippen LogP contribution in [0.2, 0.25) is 5.02 Å². The summed E-state index contributed by atoms with van der Waals surface area (Å²) in [6.45, 7) is 2.90. The third-order valence-corrected chi connectivity index (χ3v) is 3.96. The molecule has 0 bridgehead atoms. The predicted molar refractivity (Wildman–Crippen MR) is 65.4 cm³/mol. The van der Waals surface area contributed by atoms with E-state index in [1.54, 1.807) is 0 Å². The van der Waals surface area contributed by atoms with Gasteiger partial charge >= 0.3 is 0 Å². The summed E-state index contributed by atoms with van der Waals surface area (Å²) in [5.74, 6) is 0. The fourth-order valence-corrected chi connectivity index (χ4v) is 2.97. The summed E-state index contributed by atoms with van der Waals surface area (Å²) >= 11 is 6.07. The van der Waals surface area contributed by atoms with Crippen LogP contribution in [0.4, 0.5) is 0 Å². The van der Waals surface area contributed by atoms with E-state index in [0.717, 1.165) is 11.6 Å². The molecule has 1 nitrogen and oxygen atoms in total. The number of halogens is 1. The molecule has 15 heavy (non-hydrogen) atoms. The van der Waals surface area contributed by atoms with Gasteiger partial charge in [0.05, 0.1) is 0 Å². The van der Waals surface area contributed by atoms with Crippen LogP contribution in [0.3, 0.4) is 0 Å². The van der Waals surface area contributed by atoms with Crippen molar-refractivity contribution in [2.75, 3.05) is 6.54 Å². The maximum atomic E-state index is 6.07. The predicted octanol–water partition coefficient (Wildman–Crippen LogP) is 3.42. The monoisotopic (exact) mass is 223 g/mol. The second-order valence-corrected chi connectivity index (χ2v) is 5.09. The molecule has 2 N–H and O–H groups in total. The van der Waals surface area contributed by atoms with E-state index < -0.39 is 0 Å². The lowest BCUT2D eigenvalue weighted by Gasteiger charge is -2.29. The number of nitrogens with two attached hydrogens (primary N) is 1. The van der Waals surface area contributed by atoms with Crippen molar-refractivity contribution in [1.82, 2.24) is 0 Å². The van der Waals surface area contributed by atoms with Crippen molar-refractivity contribution >= 4 is 11.6 Å². The summed E-state index contributed by atoms with van der Waals surface area (Å²) in [7, 11) is 0. The number of hydrogen-bond acceptors (Lipinski definition) is 1. The highest BCUT2D eigenvalue weighted by Crippen LogP contribution is 2.42. The van der Waals surface area contributed by atoms with Gasteiger partial charge in [0.1, 0.15) is 0 Å². The molecule has 2 heteroatoms. The van der Waals surface area contributed by atoms with Crippen LogP contribution in [-0.2, 0) is 5.41 Å². The average Bonchev–Trinajstić information content (AvgIpc) is 2.71. The molecule has 0 spiro atoms. The lowest BCUT2D eigenvalue weighted by atomic mass is 9.77. The molecule has 0 saturated heterocycles. The molecular weight excluding hydrogens is 206 g/mol. The fourth-order valence-electron chi connectivity index (χ4n) is 2.80. The quantitative estimate of drug-likeness (QED) is 0.817. The molecular formula is C13H18ClN. The zero-order chi connectivity index (χ0) is 10.9. The summed E-state index contributed by atoms with van der Waals surface area (Å²) in [4.78, 5) is 0. The Bertz CT molecular complexity index is 354. The van der Waals surface area contributed by atoms with Gasteiger partial charge in [-0.3, -0.25) is 0 Å². The van der Waals surface area contributed by atoms with Gasteiger partial charge in [-0.05, 0) is 43.0 Å². The fraction of sp³-hybridized carbons (Fsp3) is 0.538. The molecule has 82 valence electrons. The number of aryl methyl sites for hydroxylation is 1. The van der Waals surface area contributed by atoms with Crippen LogP contribution >= 0.6 is 11.6 Å². The molecule has 1 aliphatic carbocycles. The second kappa shape index (κ2) is 4.15. The summed E-state index contributed by atoms with van der Waals surface area (Å²) in [5, 5.41) is 0.829. The SMILES string of the molecule is Cc1ccc(Cl)cc1C1(CN)CCCC1. The van der Waals surface area contributed by atoms with Gasteiger partial charge < -0.3 is 5.73 Å². The largest absolute Gasteiger partial charge is 0.330 e. The van der Waals surface area contributed by atoms with Gasteiger partial charge in [0.2, 0.25) is 0 Å². The summed E-state index contributed by atoms with van der Waals surface area (Å²) in [6, 6.07) is 6.17. The molecule has 0 aliphatic heterocycles. The topological polar surface area (TPSA) is 26.0 Å². The van der Waals surface area contributed by atoms with Crippen molar-refractivity contribution in [3.63, 3.8) is 0 Å². The number of benzene rings is 1. The standard InChI is InChI=1S/C13H18ClN/c1-10-4-5-11(14)8-12(10)13(9-15)6-2-3-7-13/h4-5,8H,2-3,6-7,9,15H2,1H3. The van der Waals surface area contributed by atoms with Crippen LogP contribution in [0.15, 0.2) is 18.2 Å². The third kappa shape index (κ3) is 1.91. The van der Waals surface area contributed by atoms with E-state index >= 15 is 0 Å². The molecule has 1 aromatic rings. The molecule has 1 aliphatic rings. The maximum absolute atomic E-state index is 6.07. The van der Waals surface area contributed by atoms with Crippen molar-refractivity contribution in [2.45, 2.75) is 38.0 Å². The van der Waals surface area contributed by atoms with Gasteiger partial charge in [-0.15, -0.1) is 0 Å². The summed E-state index contributed by atoms with van der Waals surface area (Å²) < 4.78 is 0. The highest BCUT2D eigenvalue weighted by atomic mass is 35.5. The highest BCUT2D eigenvalue weighted by molar-refractivity contribution is 6.30. The molecule has 0 aromatic heterocycles. The Labute approximate surface area is 96.6 Å². The highest BCUT2D eigenvalue weighted by Gasteiger charge is 2.35. The van der Waals surface area contributed by atoms with E-state index in [-0.39, 0.29) is 5.41 Å². The number of rotatable bonds is 2. The zero-order valence-electron chi connectivity index (χ0n) is 9.22. The molecule has 1 saturated carbocycles. The van der Waals surface area contributed by atoms with Crippen molar-refractivity contribution in [1.29, 1.82) is 0 Å². The van der Waals surface area contributed by atoms with Crippen molar-refractivity contribution in [2.24, 2.45) is 5.73 Å². The molecule has 1 fully saturated rings. The Morgan fingerprint density at radius 2 is 2.00 bits per heavy atom. The van der Waals surface area contributed by atoms with Crippen LogP contribution in [-0.4, -0.2) is 6.54 Å². The second-order valence-electron chi connectivity index (χ2n) is 4.65. The molecule has 2 rings (SSSR count). The van der Waals surface area contributed by atoms with E-state index in [1.165, 1.54) is 36.8 Å². The Morgan fingerprint density at radius 3 is 2.60 bits per heavy atom. The molecule has 0 heterocycles. The Hall–Kier alpha value is -0.530. The van der Waals surface area contributed by atoms with E-state index in [9.17, 15) is 0 Å². The maximum Gasteiger partial charge on any atom is 0.0409 e.